The minimum absolute atomic E-state index is 0.140. The molecule has 0 bridgehead atoms. The van der Waals surface area contributed by atoms with Crippen LogP contribution in [-0.4, -0.2) is 23.7 Å². The van der Waals surface area contributed by atoms with Crippen LogP contribution in [0.3, 0.4) is 0 Å². The summed E-state index contributed by atoms with van der Waals surface area (Å²) in [5.74, 6) is 2.14. The van der Waals surface area contributed by atoms with E-state index in [4.69, 9.17) is 4.74 Å². The molecule has 0 atom stereocenters. The molecule has 3 heterocycles. The number of hydrogen-bond donors (Lipinski definition) is 0. The zero-order valence-corrected chi connectivity index (χ0v) is 16.5. The highest BCUT2D eigenvalue weighted by atomic mass is 16.5. The fraction of sp³-hybridized carbons (Fsp3) is 0.286. The molecule has 0 fully saturated rings. The Morgan fingerprint density at radius 1 is 1.14 bits per heavy atom. The van der Waals surface area contributed by atoms with Crippen LogP contribution in [0.2, 0.25) is 0 Å². The predicted molar refractivity (Wildman–Crippen MR) is 108 cm³/mol. The van der Waals surface area contributed by atoms with E-state index in [1.54, 1.807) is 13.2 Å². The van der Waals surface area contributed by atoms with Gasteiger partial charge in [-0.15, -0.1) is 0 Å². The van der Waals surface area contributed by atoms with Gasteiger partial charge in [-0.3, -0.25) is 18.4 Å². The van der Waals surface area contributed by atoms with Gasteiger partial charge in [-0.25, -0.2) is 4.98 Å². The Kier molecular flexibility index (Phi) is 4.50. The summed E-state index contributed by atoms with van der Waals surface area (Å²) in [7, 11) is 1.70. The quantitative estimate of drug-likeness (QED) is 0.530. The first-order chi connectivity index (χ1) is 13.5. The van der Waals surface area contributed by atoms with Gasteiger partial charge in [0.25, 0.3) is 5.56 Å². The lowest BCUT2D eigenvalue weighted by Gasteiger charge is -2.12. The van der Waals surface area contributed by atoms with Crippen LogP contribution in [0.25, 0.3) is 16.8 Å². The van der Waals surface area contributed by atoms with Gasteiger partial charge < -0.3 is 4.74 Å². The molecule has 28 heavy (non-hydrogen) atoms. The Morgan fingerprint density at radius 3 is 2.54 bits per heavy atom. The van der Waals surface area contributed by atoms with Gasteiger partial charge in [-0.2, -0.15) is 5.10 Å². The zero-order valence-electron chi connectivity index (χ0n) is 16.5. The SMILES string of the molecule is CCn1ccc(-c2ccc(Oc3cn4c(C(C)C)ncc4c(=O)n3C)cc2)n1. The van der Waals surface area contributed by atoms with E-state index in [0.29, 0.717) is 17.1 Å². The number of hydrogen-bond acceptors (Lipinski definition) is 4. The molecule has 0 aliphatic heterocycles. The molecule has 1 aromatic carbocycles. The topological polar surface area (TPSA) is 66.3 Å². The van der Waals surface area contributed by atoms with Gasteiger partial charge in [0.1, 0.15) is 17.1 Å². The van der Waals surface area contributed by atoms with Crippen molar-refractivity contribution in [1.82, 2.24) is 23.7 Å². The number of rotatable bonds is 5. The van der Waals surface area contributed by atoms with Crippen LogP contribution >= 0.6 is 0 Å². The molecule has 144 valence electrons. The van der Waals surface area contributed by atoms with E-state index in [0.717, 1.165) is 23.6 Å². The molecule has 0 radical (unpaired) electrons. The summed E-state index contributed by atoms with van der Waals surface area (Å²) in [6, 6.07) is 9.68. The Balaban J connectivity index is 1.67. The third-order valence-corrected chi connectivity index (χ3v) is 4.77. The maximum absolute atomic E-state index is 12.7. The lowest BCUT2D eigenvalue weighted by molar-refractivity contribution is 0.430. The van der Waals surface area contributed by atoms with E-state index >= 15 is 0 Å². The summed E-state index contributed by atoms with van der Waals surface area (Å²) >= 11 is 0. The van der Waals surface area contributed by atoms with E-state index in [-0.39, 0.29) is 11.5 Å². The predicted octanol–water partition coefficient (Wildman–Crippen LogP) is 3.83. The number of fused-ring (bicyclic) bond motifs is 1. The third kappa shape index (κ3) is 3.09. The molecular formula is C21H23N5O2. The van der Waals surface area contributed by atoms with Gasteiger partial charge >= 0.3 is 0 Å². The first-order valence-electron chi connectivity index (χ1n) is 9.36. The largest absolute Gasteiger partial charge is 0.439 e. The second-order valence-electron chi connectivity index (χ2n) is 7.04. The minimum atomic E-state index is -0.140. The van der Waals surface area contributed by atoms with Crippen LogP contribution in [0.4, 0.5) is 0 Å². The third-order valence-electron chi connectivity index (χ3n) is 4.77. The van der Waals surface area contributed by atoms with Gasteiger partial charge in [0.15, 0.2) is 0 Å². The van der Waals surface area contributed by atoms with Gasteiger partial charge in [-0.1, -0.05) is 13.8 Å². The van der Waals surface area contributed by atoms with Crippen molar-refractivity contribution in [2.75, 3.05) is 0 Å². The highest BCUT2D eigenvalue weighted by Crippen LogP contribution is 2.25. The van der Waals surface area contributed by atoms with Crippen molar-refractivity contribution >= 4 is 5.52 Å². The lowest BCUT2D eigenvalue weighted by Crippen LogP contribution is -2.20. The fourth-order valence-corrected chi connectivity index (χ4v) is 3.17. The average Bonchev–Trinajstić information content (AvgIpc) is 3.33. The molecule has 0 aliphatic rings. The summed E-state index contributed by atoms with van der Waals surface area (Å²) in [6.07, 6.45) is 5.39. The van der Waals surface area contributed by atoms with Crippen LogP contribution in [0.5, 0.6) is 11.6 Å². The summed E-state index contributed by atoms with van der Waals surface area (Å²) in [5.41, 5.74) is 2.34. The molecule has 0 N–H and O–H groups in total. The number of nitrogens with zero attached hydrogens (tertiary/aromatic N) is 5. The van der Waals surface area contributed by atoms with Crippen LogP contribution in [0.15, 0.2) is 53.7 Å². The summed E-state index contributed by atoms with van der Waals surface area (Å²) < 4.78 is 11.2. The molecule has 0 spiro atoms. The van der Waals surface area contributed by atoms with Crippen LogP contribution in [0.1, 0.15) is 32.5 Å². The number of benzene rings is 1. The van der Waals surface area contributed by atoms with Gasteiger partial charge in [0.2, 0.25) is 5.88 Å². The molecule has 7 heteroatoms. The Bertz CT molecular complexity index is 1180. The van der Waals surface area contributed by atoms with E-state index in [2.05, 4.69) is 17.0 Å². The molecule has 4 aromatic rings. The van der Waals surface area contributed by atoms with E-state index in [9.17, 15) is 4.79 Å². The minimum Gasteiger partial charge on any atom is -0.439 e. The highest BCUT2D eigenvalue weighted by molar-refractivity contribution is 5.59. The van der Waals surface area contributed by atoms with Crippen LogP contribution in [0, 0.1) is 0 Å². The average molecular weight is 377 g/mol. The van der Waals surface area contributed by atoms with Crippen LogP contribution < -0.4 is 10.3 Å². The number of ether oxygens (including phenoxy) is 1. The standard InChI is InChI=1S/C21H23N5O2/c1-5-25-11-10-17(23-25)15-6-8-16(9-7-15)28-19-13-26-18(21(27)24(19)4)12-22-20(26)14(2)3/h6-14H,5H2,1-4H3. The summed E-state index contributed by atoms with van der Waals surface area (Å²) in [4.78, 5) is 17.0. The monoisotopic (exact) mass is 377 g/mol. The zero-order chi connectivity index (χ0) is 19.8. The summed E-state index contributed by atoms with van der Waals surface area (Å²) in [6.45, 7) is 6.99. The molecule has 0 saturated heterocycles. The maximum atomic E-state index is 12.7. The van der Waals surface area contributed by atoms with Crippen molar-refractivity contribution in [3.63, 3.8) is 0 Å². The number of aromatic nitrogens is 5. The number of aryl methyl sites for hydroxylation is 1. The second kappa shape index (κ2) is 6.99. The molecule has 4 rings (SSSR count). The Morgan fingerprint density at radius 2 is 1.89 bits per heavy atom. The number of imidazole rings is 1. The normalized spacial score (nSPS) is 11.5. The Hall–Kier alpha value is -3.35. The van der Waals surface area contributed by atoms with Crippen molar-refractivity contribution in [3.8, 4) is 22.9 Å². The van der Waals surface area contributed by atoms with Crippen molar-refractivity contribution in [3.05, 3.63) is 65.1 Å². The van der Waals surface area contributed by atoms with Gasteiger partial charge in [-0.05, 0) is 37.3 Å². The molecular weight excluding hydrogens is 354 g/mol. The fourth-order valence-electron chi connectivity index (χ4n) is 3.17. The molecule has 0 unspecified atom stereocenters. The molecule has 0 amide bonds. The maximum Gasteiger partial charge on any atom is 0.279 e. The lowest BCUT2D eigenvalue weighted by atomic mass is 10.1. The van der Waals surface area contributed by atoms with Crippen molar-refractivity contribution in [1.29, 1.82) is 0 Å². The van der Waals surface area contributed by atoms with Crippen molar-refractivity contribution < 1.29 is 4.74 Å². The Labute approximate surface area is 162 Å². The smallest absolute Gasteiger partial charge is 0.279 e. The first kappa shape index (κ1) is 18.0. The molecule has 7 nitrogen and oxygen atoms in total. The van der Waals surface area contributed by atoms with Crippen LogP contribution in [-0.2, 0) is 13.6 Å². The molecule has 0 saturated carbocycles. The van der Waals surface area contributed by atoms with Gasteiger partial charge in [0.05, 0.1) is 18.1 Å². The first-order valence-corrected chi connectivity index (χ1v) is 9.36. The second-order valence-corrected chi connectivity index (χ2v) is 7.04. The highest BCUT2D eigenvalue weighted by Gasteiger charge is 2.14. The van der Waals surface area contributed by atoms with Crippen molar-refractivity contribution in [2.45, 2.75) is 33.2 Å². The van der Waals surface area contributed by atoms with Gasteiger partial charge in [0, 0.05) is 31.3 Å². The molecule has 0 aliphatic carbocycles. The molecule has 3 aromatic heterocycles. The summed E-state index contributed by atoms with van der Waals surface area (Å²) in [5, 5.41) is 4.51. The van der Waals surface area contributed by atoms with E-state index in [1.165, 1.54) is 4.57 Å². The van der Waals surface area contributed by atoms with E-state index < -0.39 is 0 Å². The van der Waals surface area contributed by atoms with Crippen molar-refractivity contribution in [2.24, 2.45) is 7.05 Å². The van der Waals surface area contributed by atoms with E-state index in [1.807, 2.05) is 65.7 Å².